The van der Waals surface area contributed by atoms with E-state index in [1.54, 1.807) is 0 Å². The highest BCUT2D eigenvalue weighted by Gasteiger charge is 2.33. The van der Waals surface area contributed by atoms with Gasteiger partial charge < -0.3 is 20.7 Å². The summed E-state index contributed by atoms with van der Waals surface area (Å²) in [5.74, 6) is 2.27. The first-order chi connectivity index (χ1) is 13.0. The molecule has 2 fully saturated rings. The number of hydrogen-bond donors (Lipinski definition) is 3. The SMILES string of the molecule is CCSC1(CNC(=NC)NC2CCCC(C(=O)NC(C)C)C2)CCOCC1. The monoisotopic (exact) mass is 398 g/mol. The molecule has 2 rings (SSSR count). The zero-order valence-corrected chi connectivity index (χ0v) is 18.3. The van der Waals surface area contributed by atoms with E-state index in [9.17, 15) is 4.79 Å². The second-order valence-electron chi connectivity index (χ2n) is 8.02. The van der Waals surface area contributed by atoms with Crippen LogP contribution in [0.1, 0.15) is 59.3 Å². The van der Waals surface area contributed by atoms with Crippen molar-refractivity contribution in [3.8, 4) is 0 Å². The minimum atomic E-state index is 0.106. The lowest BCUT2D eigenvalue weighted by molar-refractivity contribution is -0.126. The van der Waals surface area contributed by atoms with Crippen LogP contribution < -0.4 is 16.0 Å². The predicted octanol–water partition coefficient (Wildman–Crippen LogP) is 2.54. The van der Waals surface area contributed by atoms with Gasteiger partial charge in [-0.05, 0) is 51.7 Å². The molecule has 6 nitrogen and oxygen atoms in total. The Morgan fingerprint density at radius 2 is 2.04 bits per heavy atom. The number of carbonyl (C=O) groups is 1. The molecule has 27 heavy (non-hydrogen) atoms. The first kappa shape index (κ1) is 22.3. The maximum Gasteiger partial charge on any atom is 0.223 e. The van der Waals surface area contributed by atoms with E-state index in [-0.39, 0.29) is 22.6 Å². The number of ether oxygens (including phenoxy) is 1. The largest absolute Gasteiger partial charge is 0.381 e. The summed E-state index contributed by atoms with van der Waals surface area (Å²) in [5, 5.41) is 10.2. The molecule has 7 heteroatoms. The third-order valence-electron chi connectivity index (χ3n) is 5.47. The third kappa shape index (κ3) is 7.18. The van der Waals surface area contributed by atoms with Gasteiger partial charge in [0.25, 0.3) is 0 Å². The first-order valence-corrected chi connectivity index (χ1v) is 11.5. The van der Waals surface area contributed by atoms with Crippen LogP contribution in [-0.2, 0) is 9.53 Å². The van der Waals surface area contributed by atoms with Crippen molar-refractivity contribution >= 4 is 23.6 Å². The standard InChI is InChI=1S/C20H38N4O2S/c1-5-27-20(9-11-26-12-10-20)14-22-19(21-4)24-17-8-6-7-16(13-17)18(25)23-15(2)3/h15-17H,5-14H2,1-4H3,(H,23,25)(H2,21,22,24). The summed E-state index contributed by atoms with van der Waals surface area (Å²) in [7, 11) is 1.82. The van der Waals surface area contributed by atoms with E-state index in [2.05, 4.69) is 27.9 Å². The van der Waals surface area contributed by atoms with Gasteiger partial charge in [-0.25, -0.2) is 0 Å². The molecule has 3 N–H and O–H groups in total. The molecule has 2 unspecified atom stereocenters. The molecule has 1 saturated carbocycles. The van der Waals surface area contributed by atoms with Crippen molar-refractivity contribution in [3.63, 3.8) is 0 Å². The molecule has 156 valence electrons. The molecule has 0 spiro atoms. The summed E-state index contributed by atoms with van der Waals surface area (Å²) >= 11 is 2.03. The third-order valence-corrected chi connectivity index (χ3v) is 6.93. The quantitative estimate of drug-likeness (QED) is 0.454. The number of nitrogens with zero attached hydrogens (tertiary/aromatic N) is 1. The molecule has 0 bridgehead atoms. The van der Waals surface area contributed by atoms with Crippen LogP contribution in [0.15, 0.2) is 4.99 Å². The van der Waals surface area contributed by atoms with E-state index >= 15 is 0 Å². The minimum Gasteiger partial charge on any atom is -0.381 e. The normalized spacial score (nSPS) is 25.9. The molecule has 1 aliphatic heterocycles. The van der Waals surface area contributed by atoms with Crippen LogP contribution in [0.2, 0.25) is 0 Å². The molecule has 2 atom stereocenters. The lowest BCUT2D eigenvalue weighted by Gasteiger charge is -2.37. The van der Waals surface area contributed by atoms with Crippen LogP contribution in [0.4, 0.5) is 0 Å². The molecule has 0 aromatic heterocycles. The lowest BCUT2D eigenvalue weighted by atomic mass is 9.85. The van der Waals surface area contributed by atoms with Gasteiger partial charge >= 0.3 is 0 Å². The van der Waals surface area contributed by atoms with Gasteiger partial charge in [0.2, 0.25) is 5.91 Å². The van der Waals surface area contributed by atoms with Crippen molar-refractivity contribution < 1.29 is 9.53 Å². The van der Waals surface area contributed by atoms with Crippen molar-refractivity contribution in [3.05, 3.63) is 0 Å². The van der Waals surface area contributed by atoms with Crippen LogP contribution in [0.5, 0.6) is 0 Å². The van der Waals surface area contributed by atoms with E-state index in [1.807, 2.05) is 32.7 Å². The average molecular weight is 399 g/mol. The number of rotatable bonds is 7. The zero-order valence-electron chi connectivity index (χ0n) is 17.5. The van der Waals surface area contributed by atoms with Crippen molar-refractivity contribution in [2.24, 2.45) is 10.9 Å². The number of guanidine groups is 1. The molecule has 0 radical (unpaired) electrons. The molecular formula is C20H38N4O2S. The van der Waals surface area contributed by atoms with Crippen LogP contribution >= 0.6 is 11.8 Å². The molecule has 1 heterocycles. The first-order valence-electron chi connectivity index (χ1n) is 10.5. The zero-order chi connectivity index (χ0) is 19.7. The Labute approximate surface area is 169 Å². The van der Waals surface area contributed by atoms with Crippen molar-refractivity contribution in [2.75, 3.05) is 32.6 Å². The number of thioether (sulfide) groups is 1. The van der Waals surface area contributed by atoms with Crippen molar-refractivity contribution in [1.29, 1.82) is 0 Å². The van der Waals surface area contributed by atoms with Crippen molar-refractivity contribution in [2.45, 2.75) is 76.1 Å². The fourth-order valence-corrected chi connectivity index (χ4v) is 5.26. The highest BCUT2D eigenvalue weighted by atomic mass is 32.2. The maximum atomic E-state index is 12.4. The molecule has 0 aromatic rings. The van der Waals surface area contributed by atoms with E-state index in [0.29, 0.717) is 6.04 Å². The second kappa shape index (κ2) is 11.1. The Balaban J connectivity index is 1.85. The van der Waals surface area contributed by atoms with Gasteiger partial charge in [0.1, 0.15) is 0 Å². The van der Waals surface area contributed by atoms with Gasteiger partial charge in [0, 0.05) is 49.6 Å². The van der Waals surface area contributed by atoms with Gasteiger partial charge in [0.05, 0.1) is 0 Å². The fourth-order valence-electron chi connectivity index (χ4n) is 4.02. The Kier molecular flexibility index (Phi) is 9.22. The summed E-state index contributed by atoms with van der Waals surface area (Å²) in [5.41, 5.74) is 0. The summed E-state index contributed by atoms with van der Waals surface area (Å²) in [6.45, 7) is 8.84. The topological polar surface area (TPSA) is 74.8 Å². The maximum absolute atomic E-state index is 12.4. The van der Waals surface area contributed by atoms with Crippen LogP contribution in [0, 0.1) is 5.92 Å². The number of nitrogens with one attached hydrogen (secondary N) is 3. The molecule has 1 aliphatic carbocycles. The van der Waals surface area contributed by atoms with Crippen LogP contribution in [0.3, 0.4) is 0 Å². The predicted molar refractivity (Wildman–Crippen MR) is 114 cm³/mol. The van der Waals surface area contributed by atoms with Crippen LogP contribution in [-0.4, -0.2) is 61.3 Å². The summed E-state index contributed by atoms with van der Waals surface area (Å²) in [6.07, 6.45) is 6.19. The van der Waals surface area contributed by atoms with Gasteiger partial charge in [-0.1, -0.05) is 13.3 Å². The van der Waals surface area contributed by atoms with Gasteiger partial charge in [-0.15, -0.1) is 0 Å². The van der Waals surface area contributed by atoms with Gasteiger partial charge in [0.15, 0.2) is 5.96 Å². The molecule has 2 aliphatic rings. The van der Waals surface area contributed by atoms with Crippen LogP contribution in [0.25, 0.3) is 0 Å². The number of carbonyl (C=O) groups excluding carboxylic acids is 1. The Morgan fingerprint density at radius 3 is 2.67 bits per heavy atom. The minimum absolute atomic E-state index is 0.106. The summed E-state index contributed by atoms with van der Waals surface area (Å²) in [6, 6.07) is 0.504. The van der Waals surface area contributed by atoms with E-state index < -0.39 is 0 Å². The highest BCUT2D eigenvalue weighted by Crippen LogP contribution is 2.34. The molecular weight excluding hydrogens is 360 g/mol. The smallest absolute Gasteiger partial charge is 0.223 e. The number of amides is 1. The van der Waals surface area contributed by atoms with Gasteiger partial charge in [-0.3, -0.25) is 9.79 Å². The molecule has 1 amide bonds. The number of hydrogen-bond acceptors (Lipinski definition) is 4. The number of aliphatic imine (C=N–C) groups is 1. The lowest BCUT2D eigenvalue weighted by Crippen LogP contribution is -2.51. The van der Waals surface area contributed by atoms with Gasteiger partial charge in [-0.2, -0.15) is 11.8 Å². The Bertz CT molecular complexity index is 487. The molecule has 1 saturated heterocycles. The van der Waals surface area contributed by atoms with E-state index in [4.69, 9.17) is 4.74 Å². The fraction of sp³-hybridized carbons (Fsp3) is 0.900. The van der Waals surface area contributed by atoms with Crippen molar-refractivity contribution in [1.82, 2.24) is 16.0 Å². The molecule has 0 aromatic carbocycles. The summed E-state index contributed by atoms with van der Waals surface area (Å²) < 4.78 is 5.80. The highest BCUT2D eigenvalue weighted by molar-refractivity contribution is 8.00. The van der Waals surface area contributed by atoms with E-state index in [1.165, 1.54) is 0 Å². The Morgan fingerprint density at radius 1 is 1.30 bits per heavy atom. The van der Waals surface area contributed by atoms with E-state index in [0.717, 1.165) is 70.0 Å². The summed E-state index contributed by atoms with van der Waals surface area (Å²) in [4.78, 5) is 16.8. The Hall–Kier alpha value is -0.950. The second-order valence-corrected chi connectivity index (χ2v) is 9.75. The average Bonchev–Trinajstić information content (AvgIpc) is 2.66.